The monoisotopic (exact) mass is 452 g/mol. The molecule has 0 saturated carbocycles. The molecule has 0 N–H and O–H groups in total. The van der Waals surface area contributed by atoms with Crippen molar-refractivity contribution < 1.29 is 14.3 Å². The number of carbonyl (C=O) groups is 1. The van der Waals surface area contributed by atoms with Crippen molar-refractivity contribution in [3.05, 3.63) is 57.0 Å². The summed E-state index contributed by atoms with van der Waals surface area (Å²) in [5.74, 6) is 0.561. The third-order valence-electron chi connectivity index (χ3n) is 5.80. The quantitative estimate of drug-likeness (QED) is 0.555. The number of carbonyl (C=O) groups excluding carboxylic acids is 1. The predicted molar refractivity (Wildman–Crippen MR) is 123 cm³/mol. The molecular formula is C23H24N4O4S. The van der Waals surface area contributed by atoms with Crippen molar-refractivity contribution in [3.8, 4) is 5.75 Å². The summed E-state index contributed by atoms with van der Waals surface area (Å²) in [6.07, 6.45) is 7.37. The molecule has 5 rings (SSSR count). The molecule has 8 nitrogen and oxygen atoms in total. The van der Waals surface area contributed by atoms with Crippen LogP contribution in [0.5, 0.6) is 5.75 Å². The molecule has 9 heteroatoms. The summed E-state index contributed by atoms with van der Waals surface area (Å²) in [5, 5.41) is 5.05. The molecule has 2 aliphatic rings. The van der Waals surface area contributed by atoms with Crippen molar-refractivity contribution in [2.75, 3.05) is 32.9 Å². The number of amides is 1. The van der Waals surface area contributed by atoms with Gasteiger partial charge in [0.15, 0.2) is 6.61 Å². The van der Waals surface area contributed by atoms with E-state index in [2.05, 4.69) is 10.1 Å². The molecule has 1 aliphatic carbocycles. The SMILES string of the molecule is O=C(COc1ccc(/C=N\n2cnc3sc4c(c3c2=O)CCCC4)cc1)N1CCOCC1. The van der Waals surface area contributed by atoms with Crippen LogP contribution in [0.25, 0.3) is 10.2 Å². The fraction of sp³-hybridized carbons (Fsp3) is 0.391. The first-order valence-electron chi connectivity index (χ1n) is 10.8. The summed E-state index contributed by atoms with van der Waals surface area (Å²) in [7, 11) is 0. The predicted octanol–water partition coefficient (Wildman–Crippen LogP) is 2.46. The van der Waals surface area contributed by atoms with Crippen molar-refractivity contribution in [2.45, 2.75) is 25.7 Å². The molecule has 1 aliphatic heterocycles. The van der Waals surface area contributed by atoms with Crippen molar-refractivity contribution in [1.82, 2.24) is 14.6 Å². The molecule has 32 heavy (non-hydrogen) atoms. The fourth-order valence-electron chi connectivity index (χ4n) is 4.05. The highest BCUT2D eigenvalue weighted by molar-refractivity contribution is 7.18. The van der Waals surface area contributed by atoms with E-state index in [1.54, 1.807) is 34.6 Å². The summed E-state index contributed by atoms with van der Waals surface area (Å²) in [5.41, 5.74) is 1.86. The van der Waals surface area contributed by atoms with E-state index < -0.39 is 0 Å². The van der Waals surface area contributed by atoms with Crippen molar-refractivity contribution in [1.29, 1.82) is 0 Å². The minimum atomic E-state index is -0.118. The van der Waals surface area contributed by atoms with Crippen molar-refractivity contribution in [2.24, 2.45) is 5.10 Å². The first kappa shape index (κ1) is 20.8. The molecule has 0 atom stereocenters. The lowest BCUT2D eigenvalue weighted by molar-refractivity contribution is -0.137. The Morgan fingerprint density at radius 1 is 1.19 bits per heavy atom. The first-order valence-corrected chi connectivity index (χ1v) is 11.7. The maximum absolute atomic E-state index is 13.0. The molecule has 1 saturated heterocycles. The molecule has 1 fully saturated rings. The van der Waals surface area contributed by atoms with Crippen LogP contribution in [0.15, 0.2) is 40.5 Å². The Hall–Kier alpha value is -3.04. The van der Waals surface area contributed by atoms with Gasteiger partial charge in [-0.25, -0.2) is 4.98 Å². The van der Waals surface area contributed by atoms with Crippen LogP contribution in [0.4, 0.5) is 0 Å². The third kappa shape index (κ3) is 4.31. The molecule has 0 radical (unpaired) electrons. The Bertz CT molecular complexity index is 1210. The van der Waals surface area contributed by atoms with E-state index in [1.807, 2.05) is 12.1 Å². The maximum Gasteiger partial charge on any atom is 0.282 e. The largest absolute Gasteiger partial charge is 0.484 e. The Labute approximate surface area is 189 Å². The van der Waals surface area contributed by atoms with Gasteiger partial charge in [-0.2, -0.15) is 9.78 Å². The fourth-order valence-corrected chi connectivity index (χ4v) is 5.27. The number of ether oxygens (including phenoxy) is 2. The molecular weight excluding hydrogens is 428 g/mol. The zero-order valence-electron chi connectivity index (χ0n) is 17.7. The van der Waals surface area contributed by atoms with Crippen LogP contribution in [-0.4, -0.2) is 59.6 Å². The van der Waals surface area contributed by atoms with E-state index in [0.717, 1.165) is 40.6 Å². The van der Waals surface area contributed by atoms with E-state index >= 15 is 0 Å². The van der Waals surface area contributed by atoms with E-state index in [4.69, 9.17) is 9.47 Å². The normalized spacial score (nSPS) is 16.4. The number of benzene rings is 1. The summed E-state index contributed by atoms with van der Waals surface area (Å²) < 4.78 is 12.2. The highest BCUT2D eigenvalue weighted by Gasteiger charge is 2.20. The number of morpholine rings is 1. The van der Waals surface area contributed by atoms with Crippen molar-refractivity contribution in [3.63, 3.8) is 0 Å². The van der Waals surface area contributed by atoms with Gasteiger partial charge in [0.05, 0.1) is 24.8 Å². The molecule has 0 unspecified atom stereocenters. The topological polar surface area (TPSA) is 86.0 Å². The zero-order chi connectivity index (χ0) is 21.9. The maximum atomic E-state index is 13.0. The minimum absolute atomic E-state index is 0.000520. The van der Waals surface area contributed by atoms with Crippen LogP contribution in [-0.2, 0) is 22.4 Å². The average molecular weight is 453 g/mol. The Balaban J connectivity index is 1.26. The van der Waals surface area contributed by atoms with Gasteiger partial charge in [0.2, 0.25) is 0 Å². The molecule has 2 aromatic heterocycles. The van der Waals surface area contributed by atoms with Gasteiger partial charge in [0, 0.05) is 18.0 Å². The molecule has 1 aromatic carbocycles. The summed E-state index contributed by atoms with van der Waals surface area (Å²) in [6, 6.07) is 7.24. The lowest BCUT2D eigenvalue weighted by Gasteiger charge is -2.26. The van der Waals surface area contributed by atoms with Crippen molar-refractivity contribution >= 4 is 33.7 Å². The Morgan fingerprint density at radius 3 is 2.78 bits per heavy atom. The van der Waals surface area contributed by atoms with Crippen LogP contribution in [0, 0.1) is 0 Å². The molecule has 1 amide bonds. The van der Waals surface area contributed by atoms with Gasteiger partial charge in [-0.3, -0.25) is 9.59 Å². The average Bonchev–Trinajstić information content (AvgIpc) is 3.23. The number of aryl methyl sites for hydroxylation is 2. The number of thiophene rings is 1. The zero-order valence-corrected chi connectivity index (χ0v) is 18.5. The van der Waals surface area contributed by atoms with Gasteiger partial charge < -0.3 is 14.4 Å². The first-order chi connectivity index (χ1) is 15.7. The van der Waals surface area contributed by atoms with Gasteiger partial charge in [-0.15, -0.1) is 11.3 Å². The number of nitrogens with zero attached hydrogens (tertiary/aromatic N) is 4. The second-order valence-corrected chi connectivity index (χ2v) is 8.96. The van der Waals surface area contributed by atoms with E-state index in [0.29, 0.717) is 32.1 Å². The van der Waals surface area contributed by atoms with Crippen LogP contribution >= 0.6 is 11.3 Å². The lowest BCUT2D eigenvalue weighted by atomic mass is 9.97. The number of hydrogen-bond acceptors (Lipinski definition) is 7. The second kappa shape index (κ2) is 9.22. The smallest absolute Gasteiger partial charge is 0.282 e. The van der Waals surface area contributed by atoms with Crippen LogP contribution in [0.2, 0.25) is 0 Å². The number of aromatic nitrogens is 2. The van der Waals surface area contributed by atoms with Gasteiger partial charge in [0.25, 0.3) is 11.5 Å². The van der Waals surface area contributed by atoms with Gasteiger partial charge in [-0.05, 0) is 61.1 Å². The number of fused-ring (bicyclic) bond motifs is 3. The minimum Gasteiger partial charge on any atom is -0.484 e. The lowest BCUT2D eigenvalue weighted by Crippen LogP contribution is -2.42. The standard InChI is InChI=1S/C23H24N4O4S/c28-20(26-9-11-30-12-10-26)14-31-17-7-5-16(6-8-17)13-25-27-15-24-22-21(23(27)29)18-3-1-2-4-19(18)32-22/h5-8,13,15H,1-4,9-12,14H2/b25-13-. The molecule has 0 spiro atoms. The second-order valence-electron chi connectivity index (χ2n) is 7.88. The summed E-state index contributed by atoms with van der Waals surface area (Å²) in [6.45, 7) is 2.34. The van der Waals surface area contributed by atoms with Crippen LogP contribution in [0.3, 0.4) is 0 Å². The summed E-state index contributed by atoms with van der Waals surface area (Å²) in [4.78, 5) is 33.5. The Morgan fingerprint density at radius 2 is 1.97 bits per heavy atom. The molecule has 166 valence electrons. The highest BCUT2D eigenvalue weighted by atomic mass is 32.1. The van der Waals surface area contributed by atoms with Gasteiger partial charge >= 0.3 is 0 Å². The molecule has 0 bridgehead atoms. The van der Waals surface area contributed by atoms with Crippen LogP contribution < -0.4 is 10.3 Å². The molecule has 3 aromatic rings. The van der Waals surface area contributed by atoms with Gasteiger partial charge in [0.1, 0.15) is 16.9 Å². The van der Waals surface area contributed by atoms with E-state index in [9.17, 15) is 9.59 Å². The van der Waals surface area contributed by atoms with Crippen LogP contribution in [0.1, 0.15) is 28.8 Å². The number of hydrogen-bond donors (Lipinski definition) is 0. The number of rotatable bonds is 5. The highest BCUT2D eigenvalue weighted by Crippen LogP contribution is 2.33. The molecule has 3 heterocycles. The summed E-state index contributed by atoms with van der Waals surface area (Å²) >= 11 is 1.63. The third-order valence-corrected chi connectivity index (χ3v) is 7.00. The van der Waals surface area contributed by atoms with Gasteiger partial charge in [-0.1, -0.05) is 0 Å². The van der Waals surface area contributed by atoms with E-state index in [-0.39, 0.29) is 18.1 Å². The van der Waals surface area contributed by atoms with E-state index in [1.165, 1.54) is 22.3 Å². The Kier molecular flexibility index (Phi) is 6.00.